The fourth-order valence-corrected chi connectivity index (χ4v) is 1.28. The molecule has 1 heterocycles. The molecule has 10 heavy (non-hydrogen) atoms. The van der Waals surface area contributed by atoms with Crippen molar-refractivity contribution in [3.8, 4) is 0 Å². The molecule has 0 aromatic heterocycles. The Labute approximate surface area is 60.3 Å². The number of allylic oxidation sites excluding steroid dienone is 3. The minimum Gasteiger partial charge on any atom is -0.308 e. The summed E-state index contributed by atoms with van der Waals surface area (Å²) in [6.45, 7) is 3.93. The van der Waals surface area contributed by atoms with Crippen LogP contribution in [-0.4, -0.2) is 0 Å². The van der Waals surface area contributed by atoms with Crippen molar-refractivity contribution in [1.82, 2.24) is 10.9 Å². The topological polar surface area (TPSA) is 24.1 Å². The number of hydrogen-bond acceptors (Lipinski definition) is 2. The molecule has 0 spiro atoms. The highest BCUT2D eigenvalue weighted by molar-refractivity contribution is 5.40. The van der Waals surface area contributed by atoms with Gasteiger partial charge in [0.1, 0.15) is 0 Å². The molecule has 2 aliphatic rings. The number of hydrazine groups is 1. The van der Waals surface area contributed by atoms with E-state index in [-0.39, 0.29) is 0 Å². The summed E-state index contributed by atoms with van der Waals surface area (Å²) >= 11 is 0. The Morgan fingerprint density at radius 1 is 1.50 bits per heavy atom. The lowest BCUT2D eigenvalue weighted by atomic mass is 9.96. The molecule has 0 radical (unpaired) electrons. The number of fused-ring (bicyclic) bond motifs is 1. The second-order valence-corrected chi connectivity index (χ2v) is 2.69. The molecule has 0 fully saturated rings. The van der Waals surface area contributed by atoms with Gasteiger partial charge in [-0.25, -0.2) is 0 Å². The number of hydrogen-bond donors (Lipinski definition) is 2. The Morgan fingerprint density at radius 3 is 3.30 bits per heavy atom. The monoisotopic (exact) mass is 134 g/mol. The van der Waals surface area contributed by atoms with Crippen LogP contribution in [0.3, 0.4) is 0 Å². The van der Waals surface area contributed by atoms with Crippen LogP contribution in [0.2, 0.25) is 0 Å². The molecule has 0 saturated carbocycles. The van der Waals surface area contributed by atoms with Gasteiger partial charge in [0, 0.05) is 6.20 Å². The van der Waals surface area contributed by atoms with E-state index in [0.29, 0.717) is 0 Å². The third-order valence-electron chi connectivity index (χ3n) is 1.83. The van der Waals surface area contributed by atoms with Gasteiger partial charge in [-0.3, -0.25) is 0 Å². The highest BCUT2D eigenvalue weighted by Gasteiger charge is 2.14. The largest absolute Gasteiger partial charge is 0.308 e. The quantitative estimate of drug-likeness (QED) is 0.487. The minimum absolute atomic E-state index is 1.02. The first-order valence-corrected chi connectivity index (χ1v) is 3.44. The van der Waals surface area contributed by atoms with Crippen molar-refractivity contribution in [3.63, 3.8) is 0 Å². The first kappa shape index (κ1) is 5.59. The van der Waals surface area contributed by atoms with E-state index in [1.54, 1.807) is 0 Å². The van der Waals surface area contributed by atoms with E-state index in [4.69, 9.17) is 0 Å². The predicted molar refractivity (Wildman–Crippen MR) is 40.8 cm³/mol. The molecular weight excluding hydrogens is 124 g/mol. The molecule has 0 amide bonds. The summed E-state index contributed by atoms with van der Waals surface area (Å²) in [5.74, 6) is 0. The third kappa shape index (κ3) is 0.727. The van der Waals surface area contributed by atoms with Gasteiger partial charge in [-0.1, -0.05) is 18.2 Å². The normalized spacial score (nSPS) is 22.2. The maximum absolute atomic E-state index is 3.93. The number of nitrogens with one attached hydrogen (secondary N) is 2. The molecular formula is C8H10N2. The van der Waals surface area contributed by atoms with Crippen LogP contribution in [0.15, 0.2) is 35.7 Å². The summed E-state index contributed by atoms with van der Waals surface area (Å²) in [7, 11) is 0. The summed E-state index contributed by atoms with van der Waals surface area (Å²) in [6, 6.07) is 0. The molecule has 2 heteroatoms. The Hall–Kier alpha value is -1.18. The predicted octanol–water partition coefficient (Wildman–Crippen LogP) is 1.21. The molecule has 2 nitrogen and oxygen atoms in total. The van der Waals surface area contributed by atoms with Crippen molar-refractivity contribution in [1.29, 1.82) is 0 Å². The second-order valence-electron chi connectivity index (χ2n) is 2.69. The molecule has 0 aromatic carbocycles. The van der Waals surface area contributed by atoms with Crippen molar-refractivity contribution < 1.29 is 0 Å². The van der Waals surface area contributed by atoms with Gasteiger partial charge in [-0.05, 0) is 18.4 Å². The van der Waals surface area contributed by atoms with Gasteiger partial charge < -0.3 is 10.9 Å². The zero-order valence-corrected chi connectivity index (χ0v) is 5.78. The Morgan fingerprint density at radius 2 is 2.40 bits per heavy atom. The van der Waals surface area contributed by atoms with E-state index in [2.05, 4.69) is 23.5 Å². The zero-order valence-electron chi connectivity index (χ0n) is 5.78. The molecule has 0 saturated heterocycles. The van der Waals surface area contributed by atoms with Crippen molar-refractivity contribution in [3.05, 3.63) is 35.7 Å². The van der Waals surface area contributed by atoms with Gasteiger partial charge >= 0.3 is 0 Å². The Kier molecular flexibility index (Phi) is 1.07. The van der Waals surface area contributed by atoms with Gasteiger partial charge in [0.15, 0.2) is 0 Å². The van der Waals surface area contributed by atoms with Gasteiger partial charge in [0.25, 0.3) is 0 Å². The van der Waals surface area contributed by atoms with Crippen LogP contribution < -0.4 is 10.9 Å². The lowest BCUT2D eigenvalue weighted by Gasteiger charge is -2.12. The fraction of sp³-hybridized carbons (Fsp3) is 0.250. The zero-order chi connectivity index (χ0) is 6.97. The van der Waals surface area contributed by atoms with Crippen LogP contribution in [0, 0.1) is 0 Å². The van der Waals surface area contributed by atoms with Crippen LogP contribution in [0.4, 0.5) is 0 Å². The molecule has 0 aromatic rings. The Bertz CT molecular complexity index is 236. The maximum atomic E-state index is 3.93. The lowest BCUT2D eigenvalue weighted by Crippen LogP contribution is -2.19. The van der Waals surface area contributed by atoms with Crippen LogP contribution in [0.25, 0.3) is 0 Å². The summed E-state index contributed by atoms with van der Waals surface area (Å²) in [5, 5.41) is 0. The van der Waals surface area contributed by atoms with Crippen molar-refractivity contribution >= 4 is 0 Å². The van der Waals surface area contributed by atoms with E-state index >= 15 is 0 Å². The molecule has 52 valence electrons. The minimum atomic E-state index is 1.02. The molecule has 0 bridgehead atoms. The SMILES string of the molecule is C=C1CC=C2NNC=C2C1. The van der Waals surface area contributed by atoms with Gasteiger partial charge in [0.05, 0.1) is 5.70 Å². The van der Waals surface area contributed by atoms with Gasteiger partial charge in [-0.2, -0.15) is 0 Å². The van der Waals surface area contributed by atoms with Crippen LogP contribution >= 0.6 is 0 Å². The van der Waals surface area contributed by atoms with E-state index < -0.39 is 0 Å². The molecule has 1 aliphatic carbocycles. The average Bonchev–Trinajstić information content (AvgIpc) is 2.33. The first-order chi connectivity index (χ1) is 4.86. The Balaban J connectivity index is 2.33. The first-order valence-electron chi connectivity index (χ1n) is 3.44. The van der Waals surface area contributed by atoms with Crippen LogP contribution in [0.5, 0.6) is 0 Å². The number of rotatable bonds is 0. The van der Waals surface area contributed by atoms with Crippen LogP contribution in [0.1, 0.15) is 12.8 Å². The summed E-state index contributed by atoms with van der Waals surface area (Å²) in [5.41, 5.74) is 9.87. The van der Waals surface area contributed by atoms with E-state index in [9.17, 15) is 0 Å². The summed E-state index contributed by atoms with van der Waals surface area (Å²) in [6.07, 6.45) is 6.20. The molecule has 1 aliphatic heterocycles. The highest BCUT2D eigenvalue weighted by atomic mass is 15.4. The molecule has 2 N–H and O–H groups in total. The fourth-order valence-electron chi connectivity index (χ4n) is 1.28. The smallest absolute Gasteiger partial charge is 0.0553 e. The molecule has 2 rings (SSSR count). The van der Waals surface area contributed by atoms with Gasteiger partial charge in [-0.15, -0.1) is 0 Å². The standard InChI is InChI=1S/C8H10N2/c1-6-2-3-8-7(4-6)5-9-10-8/h3,5,9-10H,1-2,4H2. The lowest BCUT2D eigenvalue weighted by molar-refractivity contribution is 0.774. The van der Waals surface area contributed by atoms with Crippen molar-refractivity contribution in [2.75, 3.05) is 0 Å². The third-order valence-corrected chi connectivity index (χ3v) is 1.83. The molecule has 0 atom stereocenters. The maximum Gasteiger partial charge on any atom is 0.0553 e. The van der Waals surface area contributed by atoms with Gasteiger partial charge in [0.2, 0.25) is 0 Å². The molecule has 0 unspecified atom stereocenters. The average molecular weight is 134 g/mol. The van der Waals surface area contributed by atoms with E-state index in [1.807, 2.05) is 6.20 Å². The second kappa shape index (κ2) is 1.90. The highest BCUT2D eigenvalue weighted by Crippen LogP contribution is 2.26. The summed E-state index contributed by atoms with van der Waals surface area (Å²) in [4.78, 5) is 0. The van der Waals surface area contributed by atoms with Crippen molar-refractivity contribution in [2.45, 2.75) is 12.8 Å². The summed E-state index contributed by atoms with van der Waals surface area (Å²) < 4.78 is 0. The van der Waals surface area contributed by atoms with Crippen LogP contribution in [-0.2, 0) is 0 Å². The van der Waals surface area contributed by atoms with E-state index in [0.717, 1.165) is 12.8 Å². The van der Waals surface area contributed by atoms with Crippen molar-refractivity contribution in [2.24, 2.45) is 0 Å². The van der Waals surface area contributed by atoms with E-state index in [1.165, 1.54) is 16.8 Å².